The zero-order valence-corrected chi connectivity index (χ0v) is 12.1. The third kappa shape index (κ3) is 3.13. The lowest BCUT2D eigenvalue weighted by atomic mass is 9.96. The molecule has 0 bridgehead atoms. The highest BCUT2D eigenvalue weighted by molar-refractivity contribution is 5.50. The number of hydrogen-bond acceptors (Lipinski definition) is 3. The fraction of sp³-hybridized carbons (Fsp3) is 0.250. The zero-order chi connectivity index (χ0) is 15.4. The summed E-state index contributed by atoms with van der Waals surface area (Å²) < 4.78 is 37.6. The molecule has 3 nitrogen and oxygen atoms in total. The van der Waals surface area contributed by atoms with E-state index in [0.717, 1.165) is 6.07 Å². The van der Waals surface area contributed by atoms with E-state index in [4.69, 9.17) is 9.47 Å². The average molecular weight is 293 g/mol. The second-order valence-electron chi connectivity index (χ2n) is 4.50. The van der Waals surface area contributed by atoms with Crippen molar-refractivity contribution in [3.05, 3.63) is 59.2 Å². The number of methoxy groups -OCH3 is 2. The molecule has 1 unspecified atom stereocenters. The van der Waals surface area contributed by atoms with Crippen LogP contribution in [0.4, 0.5) is 8.78 Å². The summed E-state index contributed by atoms with van der Waals surface area (Å²) in [6, 6.07) is 8.30. The molecule has 0 aliphatic rings. The van der Waals surface area contributed by atoms with Crippen molar-refractivity contribution in [2.75, 3.05) is 21.3 Å². The predicted molar refractivity (Wildman–Crippen MR) is 76.8 cm³/mol. The Balaban J connectivity index is 2.60. The van der Waals surface area contributed by atoms with E-state index in [2.05, 4.69) is 5.32 Å². The summed E-state index contributed by atoms with van der Waals surface area (Å²) in [6.07, 6.45) is 0. The van der Waals surface area contributed by atoms with Crippen molar-refractivity contribution in [2.24, 2.45) is 0 Å². The molecule has 0 amide bonds. The van der Waals surface area contributed by atoms with Crippen molar-refractivity contribution in [2.45, 2.75) is 6.04 Å². The van der Waals surface area contributed by atoms with Crippen LogP contribution in [0.5, 0.6) is 11.5 Å². The molecule has 0 aliphatic heterocycles. The number of halogens is 2. The van der Waals surface area contributed by atoms with E-state index >= 15 is 0 Å². The van der Waals surface area contributed by atoms with Crippen LogP contribution in [-0.2, 0) is 0 Å². The molecule has 0 saturated carbocycles. The standard InChI is InChI=1S/C16H17F2NO2/c1-19-16(10-7-11(17)9-12(18)8-10)15-13(20-2)5-4-6-14(15)21-3/h4-9,16,19H,1-3H3. The Hall–Kier alpha value is -2.14. The molecule has 1 N–H and O–H groups in total. The van der Waals surface area contributed by atoms with Gasteiger partial charge < -0.3 is 14.8 Å². The van der Waals surface area contributed by atoms with Gasteiger partial charge >= 0.3 is 0 Å². The predicted octanol–water partition coefficient (Wildman–Crippen LogP) is 3.29. The lowest BCUT2D eigenvalue weighted by Crippen LogP contribution is -2.19. The summed E-state index contributed by atoms with van der Waals surface area (Å²) in [6.45, 7) is 0. The average Bonchev–Trinajstić information content (AvgIpc) is 2.47. The van der Waals surface area contributed by atoms with Crippen LogP contribution in [0.15, 0.2) is 36.4 Å². The summed E-state index contributed by atoms with van der Waals surface area (Å²) in [5.74, 6) is -0.0880. The minimum atomic E-state index is -0.626. The van der Waals surface area contributed by atoms with Crippen LogP contribution in [-0.4, -0.2) is 21.3 Å². The molecule has 0 heterocycles. The van der Waals surface area contributed by atoms with E-state index in [1.165, 1.54) is 26.4 Å². The fourth-order valence-electron chi connectivity index (χ4n) is 2.38. The Bertz CT molecular complexity index is 589. The highest BCUT2D eigenvalue weighted by Gasteiger charge is 2.22. The number of hydrogen-bond donors (Lipinski definition) is 1. The zero-order valence-electron chi connectivity index (χ0n) is 12.1. The van der Waals surface area contributed by atoms with Crippen molar-refractivity contribution in [3.63, 3.8) is 0 Å². The molecule has 2 aromatic rings. The van der Waals surface area contributed by atoms with Crippen molar-refractivity contribution < 1.29 is 18.3 Å². The molecule has 5 heteroatoms. The fourth-order valence-corrected chi connectivity index (χ4v) is 2.38. The van der Waals surface area contributed by atoms with Crippen LogP contribution < -0.4 is 14.8 Å². The highest BCUT2D eigenvalue weighted by Crippen LogP contribution is 2.37. The monoisotopic (exact) mass is 293 g/mol. The summed E-state index contributed by atoms with van der Waals surface area (Å²) in [7, 11) is 4.79. The smallest absolute Gasteiger partial charge is 0.127 e. The molecule has 2 rings (SSSR count). The molecule has 0 spiro atoms. The maximum absolute atomic E-state index is 13.5. The van der Waals surface area contributed by atoms with Crippen molar-refractivity contribution >= 4 is 0 Å². The Morgan fingerprint density at radius 2 is 1.48 bits per heavy atom. The first-order chi connectivity index (χ1) is 10.1. The van der Waals surface area contributed by atoms with Gasteiger partial charge in [0.2, 0.25) is 0 Å². The van der Waals surface area contributed by atoms with E-state index in [1.807, 2.05) is 0 Å². The van der Waals surface area contributed by atoms with Crippen LogP contribution in [0.3, 0.4) is 0 Å². The van der Waals surface area contributed by atoms with Crippen molar-refractivity contribution in [3.8, 4) is 11.5 Å². The molecule has 21 heavy (non-hydrogen) atoms. The molecular formula is C16H17F2NO2. The lowest BCUT2D eigenvalue weighted by Gasteiger charge is -2.22. The quantitative estimate of drug-likeness (QED) is 0.917. The first-order valence-electron chi connectivity index (χ1n) is 6.44. The van der Waals surface area contributed by atoms with Gasteiger partial charge in [-0.3, -0.25) is 0 Å². The highest BCUT2D eigenvalue weighted by atomic mass is 19.1. The van der Waals surface area contributed by atoms with Gasteiger partial charge in [-0.2, -0.15) is 0 Å². The third-order valence-corrected chi connectivity index (χ3v) is 3.26. The van der Waals surface area contributed by atoms with E-state index < -0.39 is 17.7 Å². The molecule has 0 saturated heterocycles. The molecule has 1 atom stereocenters. The first-order valence-corrected chi connectivity index (χ1v) is 6.44. The van der Waals surface area contributed by atoms with Gasteiger partial charge in [-0.1, -0.05) is 6.07 Å². The van der Waals surface area contributed by atoms with Gasteiger partial charge in [-0.05, 0) is 36.9 Å². The molecule has 2 aromatic carbocycles. The minimum absolute atomic E-state index is 0.456. The third-order valence-electron chi connectivity index (χ3n) is 3.26. The normalized spacial score (nSPS) is 12.0. The number of benzene rings is 2. The second-order valence-corrected chi connectivity index (χ2v) is 4.50. The van der Waals surface area contributed by atoms with Crippen LogP contribution in [0.2, 0.25) is 0 Å². The van der Waals surface area contributed by atoms with Gasteiger partial charge in [0.05, 0.1) is 25.8 Å². The summed E-state index contributed by atoms with van der Waals surface area (Å²) in [5.41, 5.74) is 1.15. The topological polar surface area (TPSA) is 30.5 Å². The molecule has 112 valence electrons. The second kappa shape index (κ2) is 6.54. The van der Waals surface area contributed by atoms with Crippen LogP contribution in [0, 0.1) is 11.6 Å². The van der Waals surface area contributed by atoms with Crippen molar-refractivity contribution in [1.82, 2.24) is 5.32 Å². The molecule has 0 fully saturated rings. The Morgan fingerprint density at radius 1 is 0.952 bits per heavy atom. The number of rotatable bonds is 5. The van der Waals surface area contributed by atoms with E-state index in [0.29, 0.717) is 22.6 Å². The first kappa shape index (κ1) is 15.3. The van der Waals surface area contributed by atoms with Crippen LogP contribution >= 0.6 is 0 Å². The SMILES string of the molecule is CNC(c1cc(F)cc(F)c1)c1c(OC)cccc1OC. The van der Waals surface area contributed by atoms with Crippen LogP contribution in [0.25, 0.3) is 0 Å². The summed E-state index contributed by atoms with van der Waals surface area (Å²) >= 11 is 0. The Kier molecular flexibility index (Phi) is 4.75. The minimum Gasteiger partial charge on any atom is -0.496 e. The maximum Gasteiger partial charge on any atom is 0.127 e. The van der Waals surface area contributed by atoms with Gasteiger partial charge in [0.25, 0.3) is 0 Å². The van der Waals surface area contributed by atoms with Crippen molar-refractivity contribution in [1.29, 1.82) is 0 Å². The number of ether oxygens (including phenoxy) is 2. The Morgan fingerprint density at radius 3 is 1.90 bits per heavy atom. The summed E-state index contributed by atoms with van der Waals surface area (Å²) in [5, 5.41) is 3.05. The number of nitrogens with one attached hydrogen (secondary N) is 1. The van der Waals surface area contributed by atoms with E-state index in [-0.39, 0.29) is 0 Å². The summed E-state index contributed by atoms with van der Waals surface area (Å²) in [4.78, 5) is 0. The van der Waals surface area contributed by atoms with E-state index in [1.54, 1.807) is 25.2 Å². The van der Waals surface area contributed by atoms with E-state index in [9.17, 15) is 8.78 Å². The van der Waals surface area contributed by atoms with Gasteiger partial charge in [-0.25, -0.2) is 8.78 Å². The molecular weight excluding hydrogens is 276 g/mol. The van der Waals surface area contributed by atoms with Gasteiger partial charge in [0.1, 0.15) is 23.1 Å². The molecule has 0 aliphatic carbocycles. The van der Waals surface area contributed by atoms with Gasteiger partial charge in [0, 0.05) is 6.07 Å². The molecule has 0 radical (unpaired) electrons. The largest absolute Gasteiger partial charge is 0.496 e. The lowest BCUT2D eigenvalue weighted by molar-refractivity contribution is 0.378. The maximum atomic E-state index is 13.5. The van der Waals surface area contributed by atoms with Gasteiger partial charge in [-0.15, -0.1) is 0 Å². The molecule has 0 aromatic heterocycles. The van der Waals surface area contributed by atoms with Crippen LogP contribution in [0.1, 0.15) is 17.2 Å². The van der Waals surface area contributed by atoms with Gasteiger partial charge in [0.15, 0.2) is 0 Å². The Labute approximate surface area is 122 Å².